The molecular formula is C17H21N3O2S2. The van der Waals surface area contributed by atoms with E-state index >= 15 is 0 Å². The van der Waals surface area contributed by atoms with Crippen LogP contribution in [0.3, 0.4) is 0 Å². The van der Waals surface area contributed by atoms with E-state index in [1.807, 2.05) is 19.1 Å². The van der Waals surface area contributed by atoms with Gasteiger partial charge in [-0.1, -0.05) is 43.0 Å². The lowest BCUT2D eigenvalue weighted by atomic mass is 9.96. The summed E-state index contributed by atoms with van der Waals surface area (Å²) in [6, 6.07) is 3.79. The predicted octanol–water partition coefficient (Wildman–Crippen LogP) is 4.51. The van der Waals surface area contributed by atoms with E-state index in [1.165, 1.54) is 23.1 Å². The molecule has 0 aliphatic rings. The number of amides is 1. The summed E-state index contributed by atoms with van der Waals surface area (Å²) in [7, 11) is 1.64. The van der Waals surface area contributed by atoms with E-state index in [4.69, 9.17) is 4.74 Å². The molecule has 0 aliphatic heterocycles. The van der Waals surface area contributed by atoms with Crippen molar-refractivity contribution >= 4 is 34.1 Å². The first kappa shape index (κ1) is 18.5. The smallest absolute Gasteiger partial charge is 0.257 e. The van der Waals surface area contributed by atoms with E-state index < -0.39 is 0 Å². The first-order valence-corrected chi connectivity index (χ1v) is 9.33. The van der Waals surface area contributed by atoms with E-state index in [9.17, 15) is 4.79 Å². The van der Waals surface area contributed by atoms with Gasteiger partial charge in [0.1, 0.15) is 5.75 Å². The molecule has 24 heavy (non-hydrogen) atoms. The van der Waals surface area contributed by atoms with E-state index in [0.717, 1.165) is 27.0 Å². The van der Waals surface area contributed by atoms with Crippen LogP contribution in [0.1, 0.15) is 41.3 Å². The molecule has 7 heteroatoms. The molecule has 0 unspecified atom stereocenters. The molecule has 0 atom stereocenters. The number of benzene rings is 1. The van der Waals surface area contributed by atoms with Crippen LogP contribution >= 0.6 is 23.1 Å². The van der Waals surface area contributed by atoms with Crippen LogP contribution in [0.4, 0.5) is 5.13 Å². The Morgan fingerprint density at radius 2 is 2.21 bits per heavy atom. The van der Waals surface area contributed by atoms with Crippen LogP contribution in [0, 0.1) is 6.92 Å². The number of rotatable bonds is 7. The largest absolute Gasteiger partial charge is 0.496 e. The van der Waals surface area contributed by atoms with E-state index in [0.29, 0.717) is 10.7 Å². The quantitative estimate of drug-likeness (QED) is 0.445. The van der Waals surface area contributed by atoms with Gasteiger partial charge in [0.2, 0.25) is 5.13 Å². The number of thioether (sulfide) groups is 1. The van der Waals surface area contributed by atoms with Crippen molar-refractivity contribution < 1.29 is 9.53 Å². The average molecular weight is 364 g/mol. The Kier molecular flexibility index (Phi) is 6.39. The van der Waals surface area contributed by atoms with Gasteiger partial charge in [-0.05, 0) is 36.1 Å². The molecule has 0 saturated heterocycles. The fourth-order valence-corrected chi connectivity index (χ4v) is 3.69. The highest BCUT2D eigenvalue weighted by molar-refractivity contribution is 8.01. The summed E-state index contributed by atoms with van der Waals surface area (Å²) in [6.07, 6.45) is 1.80. The van der Waals surface area contributed by atoms with Crippen LogP contribution < -0.4 is 10.1 Å². The molecule has 0 fully saturated rings. The van der Waals surface area contributed by atoms with E-state index in [2.05, 4.69) is 35.9 Å². The number of carbonyl (C=O) groups is 1. The molecule has 2 aromatic rings. The number of nitrogens with one attached hydrogen (secondary N) is 1. The van der Waals surface area contributed by atoms with Crippen molar-refractivity contribution in [1.29, 1.82) is 0 Å². The molecule has 0 saturated carbocycles. The van der Waals surface area contributed by atoms with Crippen molar-refractivity contribution in [1.82, 2.24) is 10.2 Å². The number of aromatic nitrogens is 2. The SMILES string of the molecule is C=CCSc1nnc(NC(=O)c2cc(C(C)C)c(OC)cc2C)s1. The highest BCUT2D eigenvalue weighted by atomic mass is 32.2. The van der Waals surface area contributed by atoms with Crippen LogP contribution in [-0.4, -0.2) is 29.0 Å². The molecule has 0 spiro atoms. The molecule has 0 radical (unpaired) electrons. The maximum atomic E-state index is 12.6. The van der Waals surface area contributed by atoms with Crippen molar-refractivity contribution in [3.05, 3.63) is 41.5 Å². The van der Waals surface area contributed by atoms with Gasteiger partial charge in [0.05, 0.1) is 7.11 Å². The number of methoxy groups -OCH3 is 1. The number of ether oxygens (including phenoxy) is 1. The minimum atomic E-state index is -0.187. The third kappa shape index (κ3) is 4.36. The molecule has 1 heterocycles. The highest BCUT2D eigenvalue weighted by Gasteiger charge is 2.17. The van der Waals surface area contributed by atoms with Gasteiger partial charge in [-0.2, -0.15) is 0 Å². The fraction of sp³-hybridized carbons (Fsp3) is 0.353. The summed E-state index contributed by atoms with van der Waals surface area (Å²) in [5.74, 6) is 1.64. The summed E-state index contributed by atoms with van der Waals surface area (Å²) >= 11 is 2.89. The van der Waals surface area contributed by atoms with Crippen molar-refractivity contribution in [2.75, 3.05) is 18.2 Å². The van der Waals surface area contributed by atoms with Gasteiger partial charge >= 0.3 is 0 Å². The third-order valence-electron chi connectivity index (χ3n) is 3.39. The second kappa shape index (κ2) is 8.30. The number of hydrogen-bond donors (Lipinski definition) is 1. The number of nitrogens with zero attached hydrogens (tertiary/aromatic N) is 2. The molecule has 128 valence electrons. The van der Waals surface area contributed by atoms with Gasteiger partial charge in [0.25, 0.3) is 5.91 Å². The highest BCUT2D eigenvalue weighted by Crippen LogP contribution is 2.30. The summed E-state index contributed by atoms with van der Waals surface area (Å²) in [5, 5.41) is 11.4. The van der Waals surface area contributed by atoms with Gasteiger partial charge in [-0.3, -0.25) is 10.1 Å². The van der Waals surface area contributed by atoms with Gasteiger partial charge in [-0.25, -0.2) is 0 Å². The molecule has 1 amide bonds. The minimum absolute atomic E-state index is 0.187. The zero-order valence-electron chi connectivity index (χ0n) is 14.3. The predicted molar refractivity (Wildman–Crippen MR) is 101 cm³/mol. The normalized spacial score (nSPS) is 10.7. The summed E-state index contributed by atoms with van der Waals surface area (Å²) in [5.41, 5.74) is 2.49. The number of aryl methyl sites for hydroxylation is 1. The van der Waals surface area contributed by atoms with Crippen LogP contribution in [0.15, 0.2) is 29.1 Å². The Morgan fingerprint density at radius 3 is 2.83 bits per heavy atom. The Bertz CT molecular complexity index is 741. The minimum Gasteiger partial charge on any atom is -0.496 e. The van der Waals surface area contributed by atoms with Crippen LogP contribution in [0.5, 0.6) is 5.75 Å². The molecule has 1 aromatic carbocycles. The number of carbonyl (C=O) groups excluding carboxylic acids is 1. The van der Waals surface area contributed by atoms with Gasteiger partial charge in [-0.15, -0.1) is 16.8 Å². The van der Waals surface area contributed by atoms with Crippen molar-refractivity contribution in [3.63, 3.8) is 0 Å². The maximum absolute atomic E-state index is 12.6. The van der Waals surface area contributed by atoms with Crippen LogP contribution in [0.2, 0.25) is 0 Å². The monoisotopic (exact) mass is 363 g/mol. The molecule has 0 aliphatic carbocycles. The lowest BCUT2D eigenvalue weighted by Crippen LogP contribution is -2.14. The lowest BCUT2D eigenvalue weighted by molar-refractivity contribution is 0.102. The number of anilines is 1. The lowest BCUT2D eigenvalue weighted by Gasteiger charge is -2.15. The second-order valence-electron chi connectivity index (χ2n) is 5.49. The van der Waals surface area contributed by atoms with Crippen LogP contribution in [-0.2, 0) is 0 Å². The molecule has 0 bridgehead atoms. The second-order valence-corrected chi connectivity index (χ2v) is 7.74. The zero-order chi connectivity index (χ0) is 17.7. The Labute approximate surface area is 150 Å². The number of hydrogen-bond acceptors (Lipinski definition) is 6. The molecule has 2 rings (SSSR count). The van der Waals surface area contributed by atoms with Gasteiger partial charge in [0, 0.05) is 11.3 Å². The topological polar surface area (TPSA) is 64.1 Å². The Balaban J connectivity index is 2.21. The molecule has 1 aromatic heterocycles. The molecule has 1 N–H and O–H groups in total. The molecule has 5 nitrogen and oxygen atoms in total. The Hall–Kier alpha value is -1.86. The van der Waals surface area contributed by atoms with Crippen molar-refractivity contribution in [2.24, 2.45) is 0 Å². The van der Waals surface area contributed by atoms with Crippen molar-refractivity contribution in [3.8, 4) is 5.75 Å². The van der Waals surface area contributed by atoms with E-state index in [-0.39, 0.29) is 11.8 Å². The zero-order valence-corrected chi connectivity index (χ0v) is 15.9. The summed E-state index contributed by atoms with van der Waals surface area (Å²) < 4.78 is 6.22. The van der Waals surface area contributed by atoms with Crippen LogP contribution in [0.25, 0.3) is 0 Å². The van der Waals surface area contributed by atoms with Gasteiger partial charge in [0.15, 0.2) is 4.34 Å². The maximum Gasteiger partial charge on any atom is 0.257 e. The summed E-state index contributed by atoms with van der Waals surface area (Å²) in [4.78, 5) is 12.6. The first-order valence-electron chi connectivity index (χ1n) is 7.53. The average Bonchev–Trinajstić information content (AvgIpc) is 2.99. The third-order valence-corrected chi connectivity index (χ3v) is 5.36. The fourth-order valence-electron chi connectivity index (χ4n) is 2.18. The Morgan fingerprint density at radius 1 is 1.46 bits per heavy atom. The standard InChI is InChI=1S/C17H21N3O2S2/c1-6-7-23-17-20-19-16(24-17)18-15(21)13-9-12(10(2)3)14(22-5)8-11(13)4/h6,8-10H,1,7H2,2-5H3,(H,18,19,21). The van der Waals surface area contributed by atoms with Gasteiger partial charge < -0.3 is 4.74 Å². The first-order chi connectivity index (χ1) is 11.5. The summed E-state index contributed by atoms with van der Waals surface area (Å²) in [6.45, 7) is 9.71. The van der Waals surface area contributed by atoms with Crippen molar-refractivity contribution in [2.45, 2.75) is 31.0 Å². The molecular weight excluding hydrogens is 342 g/mol. The van der Waals surface area contributed by atoms with E-state index in [1.54, 1.807) is 13.2 Å².